The van der Waals surface area contributed by atoms with Gasteiger partial charge in [0, 0.05) is 6.42 Å². The van der Waals surface area contributed by atoms with Gasteiger partial charge in [-0.3, -0.25) is 0 Å². The fraction of sp³-hybridized carbons (Fsp3) is 0.444. The molecule has 80 valence electrons. The topological polar surface area (TPSA) is 101 Å². The largest absolute Gasteiger partial charge is 0.476 e. The van der Waals surface area contributed by atoms with Crippen LogP contribution in [0.25, 0.3) is 0 Å². The lowest BCUT2D eigenvalue weighted by Crippen LogP contribution is -2.05. The van der Waals surface area contributed by atoms with Crippen LogP contribution in [0.5, 0.6) is 0 Å². The van der Waals surface area contributed by atoms with Crippen LogP contribution in [0.1, 0.15) is 39.8 Å². The third-order valence-corrected chi connectivity index (χ3v) is 2.23. The molecule has 6 heteroatoms. The Labute approximate surface area is 84.5 Å². The normalized spacial score (nSPS) is 15.2. The molecule has 1 heterocycles. The highest BCUT2D eigenvalue weighted by Gasteiger charge is 2.28. The maximum atomic E-state index is 10.7. The molecule has 0 bridgehead atoms. The standard InChI is InChI=1S/C9H9NO5/c11-8(12)6-7(9(13)14)15-5(10-6)3-4-1-2-4/h4H,1-3H2,(H,11,12)(H,13,14). The van der Waals surface area contributed by atoms with E-state index < -0.39 is 23.4 Å². The highest BCUT2D eigenvalue weighted by molar-refractivity contribution is 5.98. The number of aromatic carboxylic acids is 2. The minimum atomic E-state index is -1.40. The summed E-state index contributed by atoms with van der Waals surface area (Å²) in [7, 11) is 0. The highest BCUT2D eigenvalue weighted by atomic mass is 16.4. The third-order valence-electron chi connectivity index (χ3n) is 2.23. The van der Waals surface area contributed by atoms with Crippen molar-refractivity contribution >= 4 is 11.9 Å². The molecule has 0 atom stereocenters. The Morgan fingerprint density at radius 2 is 2.00 bits per heavy atom. The minimum absolute atomic E-state index is 0.201. The second kappa shape index (κ2) is 3.38. The molecule has 0 spiro atoms. The third kappa shape index (κ3) is 1.98. The lowest BCUT2D eigenvalue weighted by atomic mass is 10.3. The zero-order valence-corrected chi connectivity index (χ0v) is 7.77. The van der Waals surface area contributed by atoms with E-state index in [4.69, 9.17) is 14.6 Å². The molecule has 0 aliphatic heterocycles. The highest BCUT2D eigenvalue weighted by Crippen LogP contribution is 2.32. The van der Waals surface area contributed by atoms with Gasteiger partial charge in [-0.2, -0.15) is 0 Å². The van der Waals surface area contributed by atoms with Gasteiger partial charge in [-0.15, -0.1) is 0 Å². The monoisotopic (exact) mass is 211 g/mol. The van der Waals surface area contributed by atoms with Gasteiger partial charge in [0.05, 0.1) is 0 Å². The van der Waals surface area contributed by atoms with Gasteiger partial charge in [-0.05, 0) is 18.8 Å². The second-order valence-corrected chi connectivity index (χ2v) is 3.54. The number of oxazole rings is 1. The Kier molecular flexibility index (Phi) is 2.18. The second-order valence-electron chi connectivity index (χ2n) is 3.54. The summed E-state index contributed by atoms with van der Waals surface area (Å²) in [5, 5.41) is 17.4. The smallest absolute Gasteiger partial charge is 0.374 e. The van der Waals surface area contributed by atoms with Gasteiger partial charge >= 0.3 is 11.9 Å². The van der Waals surface area contributed by atoms with Crippen molar-refractivity contribution < 1.29 is 24.2 Å². The van der Waals surface area contributed by atoms with Crippen LogP contribution in [0.15, 0.2) is 4.42 Å². The molecule has 0 aromatic carbocycles. The van der Waals surface area contributed by atoms with Crippen LogP contribution in [-0.4, -0.2) is 27.1 Å². The average molecular weight is 211 g/mol. The number of carboxylic acid groups (broad SMARTS) is 2. The molecular formula is C9H9NO5. The predicted octanol–water partition coefficient (Wildman–Crippen LogP) is 1.02. The van der Waals surface area contributed by atoms with Gasteiger partial charge < -0.3 is 14.6 Å². The number of carboxylic acids is 2. The SMILES string of the molecule is O=C(O)c1nc(CC2CC2)oc1C(=O)O. The van der Waals surface area contributed by atoms with E-state index in [-0.39, 0.29) is 5.89 Å². The first-order valence-corrected chi connectivity index (χ1v) is 4.54. The van der Waals surface area contributed by atoms with Gasteiger partial charge in [-0.25, -0.2) is 14.6 Å². The molecule has 1 aliphatic rings. The Balaban J connectivity index is 2.29. The van der Waals surface area contributed by atoms with Crippen molar-refractivity contribution in [2.75, 3.05) is 0 Å². The lowest BCUT2D eigenvalue weighted by molar-refractivity contribution is 0.0623. The van der Waals surface area contributed by atoms with Crippen LogP contribution >= 0.6 is 0 Å². The summed E-state index contributed by atoms with van der Waals surface area (Å²) < 4.78 is 4.90. The minimum Gasteiger partial charge on any atom is -0.476 e. The fourth-order valence-electron chi connectivity index (χ4n) is 1.31. The quantitative estimate of drug-likeness (QED) is 0.771. The molecule has 1 aliphatic carbocycles. The summed E-state index contributed by atoms with van der Waals surface area (Å²) in [6.07, 6.45) is 2.65. The fourth-order valence-corrected chi connectivity index (χ4v) is 1.31. The maximum absolute atomic E-state index is 10.7. The number of aromatic nitrogens is 1. The number of rotatable bonds is 4. The van der Waals surface area contributed by atoms with E-state index in [9.17, 15) is 9.59 Å². The van der Waals surface area contributed by atoms with Crippen LogP contribution in [0, 0.1) is 5.92 Å². The summed E-state index contributed by atoms with van der Waals surface area (Å²) in [4.78, 5) is 25.0. The molecule has 2 N–H and O–H groups in total. The van der Waals surface area contributed by atoms with E-state index in [1.165, 1.54) is 0 Å². The van der Waals surface area contributed by atoms with Gasteiger partial charge in [-0.1, -0.05) is 0 Å². The lowest BCUT2D eigenvalue weighted by Gasteiger charge is -1.88. The van der Waals surface area contributed by atoms with Crippen LogP contribution in [0.3, 0.4) is 0 Å². The summed E-state index contributed by atoms with van der Waals surface area (Å²) >= 11 is 0. The molecule has 1 saturated carbocycles. The van der Waals surface area contributed by atoms with Crippen molar-refractivity contribution in [3.8, 4) is 0 Å². The summed E-state index contributed by atoms with van der Waals surface area (Å²) in [5.41, 5.74) is -0.516. The van der Waals surface area contributed by atoms with Gasteiger partial charge in [0.15, 0.2) is 5.89 Å². The molecule has 15 heavy (non-hydrogen) atoms. The molecule has 0 saturated heterocycles. The van der Waals surface area contributed by atoms with Crippen molar-refractivity contribution in [2.24, 2.45) is 5.92 Å². The first-order valence-electron chi connectivity index (χ1n) is 4.54. The Hall–Kier alpha value is -1.85. The molecule has 6 nitrogen and oxygen atoms in total. The van der Waals surface area contributed by atoms with Gasteiger partial charge in [0.2, 0.25) is 11.5 Å². The van der Waals surface area contributed by atoms with Crippen LogP contribution in [0.2, 0.25) is 0 Å². The van der Waals surface area contributed by atoms with E-state index in [0.29, 0.717) is 12.3 Å². The number of hydrogen-bond acceptors (Lipinski definition) is 4. The average Bonchev–Trinajstić information content (AvgIpc) is 2.81. The first-order chi connectivity index (χ1) is 7.08. The molecule has 2 rings (SSSR count). The summed E-state index contributed by atoms with van der Waals surface area (Å²) in [5.74, 6) is -2.70. The van der Waals surface area contributed by atoms with Gasteiger partial charge in [0.25, 0.3) is 0 Å². The molecule has 1 aromatic rings. The molecule has 0 amide bonds. The van der Waals surface area contributed by atoms with Crippen molar-refractivity contribution in [1.82, 2.24) is 4.98 Å². The molecular weight excluding hydrogens is 202 g/mol. The van der Waals surface area contributed by atoms with E-state index >= 15 is 0 Å². The summed E-state index contributed by atoms with van der Waals surface area (Å²) in [6.45, 7) is 0. The summed E-state index contributed by atoms with van der Waals surface area (Å²) in [6, 6.07) is 0. The predicted molar refractivity (Wildman–Crippen MR) is 46.8 cm³/mol. The van der Waals surface area contributed by atoms with E-state index in [1.54, 1.807) is 0 Å². The van der Waals surface area contributed by atoms with Crippen molar-refractivity contribution in [3.05, 3.63) is 17.3 Å². The van der Waals surface area contributed by atoms with Gasteiger partial charge in [0.1, 0.15) is 0 Å². The van der Waals surface area contributed by atoms with Crippen LogP contribution in [0.4, 0.5) is 0 Å². The zero-order valence-electron chi connectivity index (χ0n) is 7.77. The van der Waals surface area contributed by atoms with Crippen LogP contribution in [-0.2, 0) is 6.42 Å². The Bertz CT molecular complexity index is 387. The first kappa shape index (κ1) is 9.70. The number of carbonyl (C=O) groups is 2. The number of hydrogen-bond donors (Lipinski definition) is 2. The van der Waals surface area contributed by atoms with E-state index in [2.05, 4.69) is 4.98 Å². The van der Waals surface area contributed by atoms with Crippen molar-refractivity contribution in [3.63, 3.8) is 0 Å². The number of nitrogens with zero attached hydrogens (tertiary/aromatic N) is 1. The van der Waals surface area contributed by atoms with Crippen molar-refractivity contribution in [1.29, 1.82) is 0 Å². The van der Waals surface area contributed by atoms with E-state index in [1.807, 2.05) is 0 Å². The van der Waals surface area contributed by atoms with E-state index in [0.717, 1.165) is 12.8 Å². The van der Waals surface area contributed by atoms with Crippen LogP contribution < -0.4 is 0 Å². The molecule has 0 unspecified atom stereocenters. The zero-order chi connectivity index (χ0) is 11.0. The Morgan fingerprint density at radius 3 is 2.40 bits per heavy atom. The molecule has 0 radical (unpaired) electrons. The Morgan fingerprint density at radius 1 is 1.33 bits per heavy atom. The van der Waals surface area contributed by atoms with Crippen molar-refractivity contribution in [2.45, 2.75) is 19.3 Å². The maximum Gasteiger partial charge on any atom is 0.374 e. The molecule has 1 fully saturated rings. The molecule has 1 aromatic heterocycles.